The van der Waals surface area contributed by atoms with Gasteiger partial charge in [0.1, 0.15) is 0 Å². The molecule has 8 heteroatoms. The fourth-order valence-electron chi connectivity index (χ4n) is 2.21. The summed E-state index contributed by atoms with van der Waals surface area (Å²) in [5.74, 6) is -0.117. The van der Waals surface area contributed by atoms with E-state index in [1.165, 1.54) is 42.5 Å². The van der Waals surface area contributed by atoms with Gasteiger partial charge in [0.05, 0.1) is 15.1 Å². The number of carbonyl (C=O) groups excluding carboxylic acids is 1. The molecule has 0 atom stereocenters. The minimum atomic E-state index is -3.79. The fraction of sp³-hybridized carbons (Fsp3) is 0.125. The second-order valence-corrected chi connectivity index (χ2v) is 7.87. The van der Waals surface area contributed by atoms with Gasteiger partial charge in [0.15, 0.2) is 5.78 Å². The molecule has 1 heterocycles. The number of hydrogen-bond acceptors (Lipinski definition) is 5. The minimum Gasteiger partial charge on any atom is -0.318 e. The molecule has 0 aliphatic rings. The summed E-state index contributed by atoms with van der Waals surface area (Å²) in [5, 5.41) is 4.03. The van der Waals surface area contributed by atoms with Crippen LogP contribution in [0.25, 0.3) is 10.2 Å². The van der Waals surface area contributed by atoms with Gasteiger partial charge in [-0.3, -0.25) is 4.79 Å². The molecule has 0 fully saturated rings. The van der Waals surface area contributed by atoms with E-state index in [2.05, 4.69) is 9.93 Å². The first-order chi connectivity index (χ1) is 11.4. The van der Waals surface area contributed by atoms with Gasteiger partial charge in [-0.15, -0.1) is 5.10 Å². The van der Waals surface area contributed by atoms with E-state index in [0.29, 0.717) is 10.4 Å². The molecule has 0 radical (unpaired) electrons. The Morgan fingerprint density at radius 1 is 1.12 bits per heavy atom. The van der Waals surface area contributed by atoms with Crippen LogP contribution in [0.4, 0.5) is 0 Å². The van der Waals surface area contributed by atoms with Gasteiger partial charge in [-0.25, -0.2) is 0 Å². The van der Waals surface area contributed by atoms with Crippen molar-refractivity contribution >= 4 is 37.4 Å². The third kappa shape index (κ3) is 3.10. The molecule has 2 aromatic carbocycles. The molecule has 0 aliphatic carbocycles. The molecule has 0 saturated carbocycles. The molecule has 0 unspecified atom stereocenters. The first-order valence-corrected chi connectivity index (χ1v) is 9.39. The molecule has 1 N–H and O–H groups in total. The molecule has 0 amide bonds. The maximum atomic E-state index is 12.3. The number of aromatic nitrogens is 1. The fourth-order valence-corrected chi connectivity index (χ4v) is 4.05. The van der Waals surface area contributed by atoms with Gasteiger partial charge < -0.3 is 4.57 Å². The summed E-state index contributed by atoms with van der Waals surface area (Å²) in [4.78, 5) is 14.1. The van der Waals surface area contributed by atoms with Crippen LogP contribution in [0.15, 0.2) is 58.5 Å². The lowest BCUT2D eigenvalue weighted by Crippen LogP contribution is -2.23. The van der Waals surface area contributed by atoms with E-state index in [4.69, 9.17) is 0 Å². The summed E-state index contributed by atoms with van der Waals surface area (Å²) >= 11 is 1.39. The minimum absolute atomic E-state index is 0.0556. The number of hydrogen-bond donors (Lipinski definition) is 1. The highest BCUT2D eigenvalue weighted by Crippen LogP contribution is 2.15. The number of nitrogens with one attached hydrogen (secondary N) is 1. The van der Waals surface area contributed by atoms with Crippen LogP contribution in [0, 0.1) is 0 Å². The van der Waals surface area contributed by atoms with Gasteiger partial charge >= 0.3 is 0 Å². The quantitative estimate of drug-likeness (QED) is 0.572. The van der Waals surface area contributed by atoms with Gasteiger partial charge in [-0.2, -0.15) is 13.2 Å². The van der Waals surface area contributed by atoms with Crippen LogP contribution < -0.4 is 9.63 Å². The van der Waals surface area contributed by atoms with E-state index >= 15 is 0 Å². The Hall–Kier alpha value is -2.45. The Labute approximate surface area is 143 Å². The van der Waals surface area contributed by atoms with Gasteiger partial charge in [-0.05, 0) is 31.2 Å². The number of fused-ring (bicyclic) bond motifs is 1. The largest absolute Gasteiger partial charge is 0.318 e. The Kier molecular flexibility index (Phi) is 4.25. The van der Waals surface area contributed by atoms with Crippen molar-refractivity contribution in [3.05, 3.63) is 58.9 Å². The van der Waals surface area contributed by atoms with Crippen molar-refractivity contribution in [3.63, 3.8) is 0 Å². The van der Waals surface area contributed by atoms with Gasteiger partial charge in [0.25, 0.3) is 10.0 Å². The zero-order chi connectivity index (χ0) is 17.3. The summed E-state index contributed by atoms with van der Waals surface area (Å²) in [7, 11) is -1.96. The highest BCUT2D eigenvalue weighted by molar-refractivity contribution is 7.89. The summed E-state index contributed by atoms with van der Waals surface area (Å²) in [5.41, 5.74) is 1.44. The number of thiazole rings is 1. The third-order valence-corrected chi connectivity index (χ3v) is 5.88. The molecule has 0 saturated heterocycles. The van der Waals surface area contributed by atoms with Crippen LogP contribution in [-0.4, -0.2) is 18.8 Å². The first-order valence-electron chi connectivity index (χ1n) is 7.09. The highest BCUT2D eigenvalue weighted by Gasteiger charge is 2.13. The van der Waals surface area contributed by atoms with Crippen molar-refractivity contribution in [3.8, 4) is 0 Å². The van der Waals surface area contributed by atoms with Crippen LogP contribution >= 0.6 is 11.3 Å². The van der Waals surface area contributed by atoms with Crippen LogP contribution in [-0.2, 0) is 17.1 Å². The van der Waals surface area contributed by atoms with Crippen molar-refractivity contribution in [1.82, 2.24) is 9.40 Å². The predicted molar refractivity (Wildman–Crippen MR) is 93.1 cm³/mol. The molecule has 3 aromatic rings. The monoisotopic (exact) mass is 361 g/mol. The number of benzene rings is 2. The van der Waals surface area contributed by atoms with Crippen LogP contribution in [0.2, 0.25) is 0 Å². The number of carbonyl (C=O) groups is 1. The molecular weight excluding hydrogens is 346 g/mol. The molecule has 0 spiro atoms. The topological polar surface area (TPSA) is 80.5 Å². The van der Waals surface area contributed by atoms with Crippen molar-refractivity contribution in [2.45, 2.75) is 11.8 Å². The summed E-state index contributed by atoms with van der Waals surface area (Å²) in [6, 6.07) is 13.5. The number of para-hydroxylation sites is 1. The number of ketones is 1. The SMILES string of the molecule is CC(=O)c1ccc(S(=O)(=O)N/N=c2\sc3ccccc3n2C)cc1. The van der Waals surface area contributed by atoms with E-state index in [-0.39, 0.29) is 10.7 Å². The molecule has 124 valence electrons. The number of Topliss-reactive ketones (excluding diaryl/α,β-unsaturated/α-hetero) is 1. The lowest BCUT2D eigenvalue weighted by atomic mass is 10.2. The maximum absolute atomic E-state index is 12.3. The van der Waals surface area contributed by atoms with Gasteiger partial charge in [0, 0.05) is 12.6 Å². The second kappa shape index (κ2) is 6.21. The van der Waals surface area contributed by atoms with Crippen molar-refractivity contribution in [2.24, 2.45) is 12.1 Å². The Morgan fingerprint density at radius 3 is 2.42 bits per heavy atom. The number of aryl methyl sites for hydroxylation is 1. The van der Waals surface area contributed by atoms with E-state index in [1.54, 1.807) is 0 Å². The highest BCUT2D eigenvalue weighted by atomic mass is 32.2. The van der Waals surface area contributed by atoms with E-state index in [1.807, 2.05) is 35.9 Å². The molecular formula is C16H15N3O3S2. The smallest absolute Gasteiger partial charge is 0.276 e. The summed E-state index contributed by atoms with van der Waals surface area (Å²) in [6.07, 6.45) is 0. The van der Waals surface area contributed by atoms with Crippen molar-refractivity contribution in [1.29, 1.82) is 0 Å². The average molecular weight is 361 g/mol. The molecule has 1 aromatic heterocycles. The van der Waals surface area contributed by atoms with E-state index < -0.39 is 10.0 Å². The number of rotatable bonds is 4. The van der Waals surface area contributed by atoms with Crippen LogP contribution in [0.1, 0.15) is 17.3 Å². The maximum Gasteiger partial charge on any atom is 0.276 e. The van der Waals surface area contributed by atoms with Crippen LogP contribution in [0.5, 0.6) is 0 Å². The van der Waals surface area contributed by atoms with Crippen molar-refractivity contribution < 1.29 is 13.2 Å². The van der Waals surface area contributed by atoms with Crippen LogP contribution in [0.3, 0.4) is 0 Å². The predicted octanol–water partition coefficient (Wildman–Crippen LogP) is 2.24. The standard InChI is InChI=1S/C16H15N3O3S2/c1-11(20)12-7-9-13(10-8-12)24(21,22)18-17-16-19(2)14-5-3-4-6-15(14)23-16/h3-10,18H,1-2H3/b17-16-. The third-order valence-electron chi connectivity index (χ3n) is 3.55. The zero-order valence-electron chi connectivity index (χ0n) is 13.1. The Balaban J connectivity index is 1.94. The first kappa shape index (κ1) is 16.4. The normalized spacial score (nSPS) is 12.5. The summed E-state index contributed by atoms with van der Waals surface area (Å²) < 4.78 is 27.5. The van der Waals surface area contributed by atoms with Gasteiger partial charge in [0.2, 0.25) is 4.80 Å². The molecule has 24 heavy (non-hydrogen) atoms. The number of nitrogens with zero attached hydrogens (tertiary/aromatic N) is 2. The van der Waals surface area contributed by atoms with E-state index in [0.717, 1.165) is 10.2 Å². The zero-order valence-corrected chi connectivity index (χ0v) is 14.7. The van der Waals surface area contributed by atoms with Crippen molar-refractivity contribution in [2.75, 3.05) is 0 Å². The lowest BCUT2D eigenvalue weighted by Gasteiger charge is -2.03. The van der Waals surface area contributed by atoms with E-state index in [9.17, 15) is 13.2 Å². The Bertz CT molecular complexity index is 1080. The summed E-state index contributed by atoms with van der Waals surface area (Å²) in [6.45, 7) is 1.43. The van der Waals surface area contributed by atoms with Gasteiger partial charge in [-0.1, -0.05) is 35.6 Å². The molecule has 3 rings (SSSR count). The second-order valence-electron chi connectivity index (χ2n) is 5.20. The molecule has 0 bridgehead atoms. The Morgan fingerprint density at radius 2 is 1.79 bits per heavy atom. The lowest BCUT2D eigenvalue weighted by molar-refractivity contribution is 0.101. The molecule has 6 nitrogen and oxygen atoms in total. The number of sulfonamides is 1. The average Bonchev–Trinajstić information content (AvgIpc) is 2.90. The molecule has 0 aliphatic heterocycles.